The third-order valence-electron chi connectivity index (χ3n) is 15.9. The predicted molar refractivity (Wildman–Crippen MR) is 209 cm³/mol. The minimum atomic E-state index is -2.41. The highest BCUT2D eigenvalue weighted by Gasteiger charge is 2.87. The summed E-state index contributed by atoms with van der Waals surface area (Å²) in [5.74, 6) is -6.74. The van der Waals surface area contributed by atoms with Crippen LogP contribution in [0.5, 0.6) is 0 Å². The molecule has 13 heteroatoms. The fraction of sp³-hybridized carbons (Fsp3) is 0.609. The lowest BCUT2D eigenvalue weighted by Gasteiger charge is -2.69. The number of hydrogen-bond donors (Lipinski definition) is 6. The van der Waals surface area contributed by atoms with Crippen molar-refractivity contribution >= 4 is 11.9 Å². The van der Waals surface area contributed by atoms with E-state index in [9.17, 15) is 40.2 Å². The maximum Gasteiger partial charge on any atom is 0.338 e. The Kier molecular flexibility index (Phi) is 9.71. The van der Waals surface area contributed by atoms with Gasteiger partial charge in [0.05, 0.1) is 29.5 Å². The zero-order valence-corrected chi connectivity index (χ0v) is 33.8. The lowest BCUT2D eigenvalue weighted by Crippen LogP contribution is -2.84. The summed E-state index contributed by atoms with van der Waals surface area (Å²) in [6.45, 7) is 6.24. The molecule has 0 amide bonds. The first-order chi connectivity index (χ1) is 28.0. The molecule has 2 aromatic carbocycles. The fourth-order valence-electron chi connectivity index (χ4n) is 12.8. The van der Waals surface area contributed by atoms with Crippen LogP contribution >= 0.6 is 0 Å². The molecule has 318 valence electrons. The molecule has 4 heterocycles. The highest BCUT2D eigenvalue weighted by atomic mass is 16.7. The highest BCUT2D eigenvalue weighted by molar-refractivity contribution is 5.89. The van der Waals surface area contributed by atoms with Crippen molar-refractivity contribution in [3.05, 3.63) is 96.1 Å². The number of esters is 2. The maximum atomic E-state index is 13.6. The van der Waals surface area contributed by atoms with Crippen molar-refractivity contribution in [2.75, 3.05) is 6.61 Å². The average molecular weight is 817 g/mol. The molecule has 0 radical (unpaired) electrons. The average Bonchev–Trinajstić information content (AvgIpc) is 3.72. The Hall–Kier alpha value is -3.50. The van der Waals surface area contributed by atoms with E-state index < -0.39 is 107 Å². The van der Waals surface area contributed by atoms with Gasteiger partial charge in [-0.25, -0.2) is 9.59 Å². The molecule has 9 bridgehead atoms. The second-order valence-corrected chi connectivity index (χ2v) is 18.7. The molecule has 1 spiro atoms. The fourth-order valence-corrected chi connectivity index (χ4v) is 12.8. The Morgan fingerprint density at radius 2 is 1.58 bits per heavy atom. The molecule has 6 N–H and O–H groups in total. The van der Waals surface area contributed by atoms with Gasteiger partial charge in [-0.05, 0) is 76.0 Å². The topological polar surface area (TPSA) is 205 Å². The summed E-state index contributed by atoms with van der Waals surface area (Å²) in [5, 5.41) is 75.9. The SMILES string of the molecule is C[C@H]1[C@@H]2CC[C@@H]1[C@@H](OC(=O)c1ccccc1)/C=C/C=C/C(=O)O[C@H]1CC[C@@H]3[C@]1(O)[C@H](O)[C@@]1(CO)O[C@H]1[C@H]1[C@@H](O)[C@@](O)([C@H]4OC(C)(c5ccccc5)O[C@]13[C@@H]4C)[C@](C)(O)C2. The monoisotopic (exact) mass is 816 g/mol. The predicted octanol–water partition coefficient (Wildman–Crippen LogP) is 3.08. The second kappa shape index (κ2) is 14.0. The van der Waals surface area contributed by atoms with Crippen LogP contribution in [0.2, 0.25) is 0 Å². The van der Waals surface area contributed by atoms with Crippen molar-refractivity contribution in [2.45, 2.75) is 130 Å². The minimum Gasteiger partial charge on any atom is -0.456 e. The van der Waals surface area contributed by atoms with E-state index >= 15 is 0 Å². The van der Waals surface area contributed by atoms with E-state index in [1.165, 1.54) is 19.1 Å². The van der Waals surface area contributed by atoms with Gasteiger partial charge in [-0.2, -0.15) is 0 Å². The van der Waals surface area contributed by atoms with Gasteiger partial charge >= 0.3 is 11.9 Å². The van der Waals surface area contributed by atoms with E-state index in [0.717, 1.165) is 0 Å². The van der Waals surface area contributed by atoms with E-state index in [1.54, 1.807) is 68.5 Å². The molecule has 10 rings (SSSR count). The Labute approximate surface area is 343 Å². The molecule has 13 nitrogen and oxygen atoms in total. The smallest absolute Gasteiger partial charge is 0.338 e. The third-order valence-corrected chi connectivity index (χ3v) is 15.9. The summed E-state index contributed by atoms with van der Waals surface area (Å²) in [7, 11) is 0. The lowest BCUT2D eigenvalue weighted by molar-refractivity contribution is -0.465. The lowest BCUT2D eigenvalue weighted by atomic mass is 9.50. The molecule has 4 saturated carbocycles. The van der Waals surface area contributed by atoms with Gasteiger partial charge in [-0.3, -0.25) is 0 Å². The van der Waals surface area contributed by atoms with Crippen LogP contribution in [-0.2, 0) is 34.3 Å². The molecule has 0 aromatic heterocycles. The van der Waals surface area contributed by atoms with E-state index in [1.807, 2.05) is 25.1 Å². The van der Waals surface area contributed by atoms with Gasteiger partial charge in [0.15, 0.2) is 5.79 Å². The molecule has 2 saturated heterocycles. The molecule has 4 aliphatic carbocycles. The van der Waals surface area contributed by atoms with Gasteiger partial charge in [0.1, 0.15) is 47.3 Å². The zero-order chi connectivity index (χ0) is 41.9. The number of carbonyl (C=O) groups is 2. The van der Waals surface area contributed by atoms with Crippen molar-refractivity contribution in [1.29, 1.82) is 0 Å². The number of rotatable bonds is 4. The number of aliphatic hydroxyl groups is 6. The van der Waals surface area contributed by atoms with Crippen LogP contribution < -0.4 is 0 Å². The van der Waals surface area contributed by atoms with Crippen LogP contribution in [0.3, 0.4) is 0 Å². The first-order valence-corrected chi connectivity index (χ1v) is 21.1. The van der Waals surface area contributed by atoms with Gasteiger partial charge in [-0.1, -0.05) is 74.5 Å². The van der Waals surface area contributed by atoms with Crippen molar-refractivity contribution in [3.8, 4) is 0 Å². The van der Waals surface area contributed by atoms with Gasteiger partial charge in [0, 0.05) is 35.3 Å². The van der Waals surface area contributed by atoms with Crippen molar-refractivity contribution in [1.82, 2.24) is 0 Å². The first-order valence-electron chi connectivity index (χ1n) is 21.1. The summed E-state index contributed by atoms with van der Waals surface area (Å²) in [6.07, 6.45) is -0.763. The summed E-state index contributed by atoms with van der Waals surface area (Å²) in [4.78, 5) is 27.0. The van der Waals surface area contributed by atoms with Gasteiger partial charge in [0.2, 0.25) is 0 Å². The highest BCUT2D eigenvalue weighted by Crippen LogP contribution is 2.71. The molecule has 1 unspecified atom stereocenters. The van der Waals surface area contributed by atoms with Crippen LogP contribution in [-0.4, -0.2) is 114 Å². The largest absolute Gasteiger partial charge is 0.456 e. The number of fused-ring (bicyclic) bond motifs is 6. The van der Waals surface area contributed by atoms with Crippen LogP contribution in [0.25, 0.3) is 0 Å². The van der Waals surface area contributed by atoms with Gasteiger partial charge in [0.25, 0.3) is 0 Å². The van der Waals surface area contributed by atoms with Crippen molar-refractivity contribution in [2.24, 2.45) is 35.5 Å². The molecule has 2 aromatic rings. The Bertz CT molecular complexity index is 2010. The molecule has 59 heavy (non-hydrogen) atoms. The van der Waals surface area contributed by atoms with Crippen LogP contribution in [0, 0.1) is 35.5 Å². The Morgan fingerprint density at radius 1 is 0.881 bits per heavy atom. The number of aliphatic hydroxyl groups excluding tert-OH is 3. The van der Waals surface area contributed by atoms with E-state index in [0.29, 0.717) is 24.0 Å². The van der Waals surface area contributed by atoms with E-state index in [-0.39, 0.29) is 37.0 Å². The number of ether oxygens (including phenoxy) is 5. The number of hydrogen-bond acceptors (Lipinski definition) is 13. The number of carbonyl (C=O) groups excluding carboxylic acids is 2. The second-order valence-electron chi connectivity index (χ2n) is 18.7. The van der Waals surface area contributed by atoms with Crippen LogP contribution in [0.1, 0.15) is 75.7 Å². The summed E-state index contributed by atoms with van der Waals surface area (Å²) in [6, 6.07) is 17.7. The number of benzene rings is 2. The number of epoxide rings is 1. The van der Waals surface area contributed by atoms with Crippen molar-refractivity contribution < 1.29 is 63.9 Å². The van der Waals surface area contributed by atoms with E-state index in [2.05, 4.69) is 0 Å². The van der Waals surface area contributed by atoms with Crippen LogP contribution in [0.15, 0.2) is 85.0 Å². The van der Waals surface area contributed by atoms with Crippen molar-refractivity contribution in [3.63, 3.8) is 0 Å². The summed E-state index contributed by atoms with van der Waals surface area (Å²) >= 11 is 0. The first kappa shape index (κ1) is 40.9. The molecular formula is C46H56O13. The molecular weight excluding hydrogens is 760 g/mol. The third kappa shape index (κ3) is 5.69. The summed E-state index contributed by atoms with van der Waals surface area (Å²) < 4.78 is 32.5. The Morgan fingerprint density at radius 3 is 2.27 bits per heavy atom. The molecule has 6 fully saturated rings. The van der Waals surface area contributed by atoms with E-state index in [4.69, 9.17) is 23.7 Å². The molecule has 18 atom stereocenters. The summed E-state index contributed by atoms with van der Waals surface area (Å²) in [5.41, 5.74) is -9.27. The van der Waals surface area contributed by atoms with Gasteiger partial charge in [-0.15, -0.1) is 0 Å². The standard InChI is InChI=1S/C46H56O13/c1-25-28-19-20-30(25)31(55-39(50)27-13-7-5-8-14-27)17-11-12-18-34(48)56-33-22-21-32-44(33,53)40(51)43(24-47)38(58-43)35-36(49)46(54,41(3,52)23-28)37-26(2)45(32,35)59-42(4,57-37)29-15-9-6-10-16-29/h5-18,25-26,28,30-33,35-38,40,47,49,51-54H,19-24H2,1-4H3/b17-11+,18-12+/t25-,26+,28+,30-,31-,32+,33-,35+,36+,37-,38-,40+,41+,42?,43-,44+,45-,46+/m0/s1. The Balaban J connectivity index is 1.21. The quantitative estimate of drug-likeness (QED) is 0.194. The maximum absolute atomic E-state index is 13.6. The van der Waals surface area contributed by atoms with Gasteiger partial charge < -0.3 is 54.3 Å². The number of allylic oxidation sites excluding steroid dienone is 2. The van der Waals surface area contributed by atoms with Crippen LogP contribution in [0.4, 0.5) is 0 Å². The minimum absolute atomic E-state index is 0.0213. The normalized spacial score (nSPS) is 51.0. The molecule has 4 aliphatic heterocycles. The molecule has 8 aliphatic rings. The zero-order valence-electron chi connectivity index (χ0n) is 33.8.